The van der Waals surface area contributed by atoms with Crippen molar-refractivity contribution in [2.75, 3.05) is 7.11 Å². The fourth-order valence-electron chi connectivity index (χ4n) is 2.67. The zero-order valence-electron chi connectivity index (χ0n) is 14.2. The van der Waals surface area contributed by atoms with Crippen molar-refractivity contribution in [2.24, 2.45) is 0 Å². The number of benzene rings is 1. The Morgan fingerprint density at radius 3 is 2.25 bits per heavy atom. The van der Waals surface area contributed by atoms with Crippen LogP contribution in [0, 0.1) is 0 Å². The van der Waals surface area contributed by atoms with Crippen LogP contribution in [-0.4, -0.2) is 36.6 Å². The third-order valence-electron chi connectivity index (χ3n) is 3.96. The van der Waals surface area contributed by atoms with Crippen molar-refractivity contribution in [3.05, 3.63) is 46.7 Å². The first kappa shape index (κ1) is 21.3. The number of allylic oxidation sites excluding steroid dienone is 1. The summed E-state index contributed by atoms with van der Waals surface area (Å²) in [5, 5.41) is 3.17. The predicted octanol–water partition coefficient (Wildman–Crippen LogP) is 2.31. The van der Waals surface area contributed by atoms with Gasteiger partial charge in [0.15, 0.2) is 0 Å². The standard InChI is InChI=1S/C16H12F6N2O4/c1-7-10(12(26)28-2)14(13(27)23-7,16(20,21)22)24-11(25)8-4-3-5-9(6-8)15(17,18)19/h3-6H,1-2H3,(H,23,27)(H,24,25). The van der Waals surface area contributed by atoms with Crippen LogP contribution < -0.4 is 10.6 Å². The first-order valence-electron chi connectivity index (χ1n) is 7.43. The van der Waals surface area contributed by atoms with E-state index in [0.29, 0.717) is 12.1 Å². The summed E-state index contributed by atoms with van der Waals surface area (Å²) in [5.74, 6) is -4.98. The number of ether oxygens (including phenoxy) is 1. The predicted molar refractivity (Wildman–Crippen MR) is 80.6 cm³/mol. The molecule has 0 fully saturated rings. The molecule has 12 heteroatoms. The van der Waals surface area contributed by atoms with E-state index >= 15 is 0 Å². The maximum absolute atomic E-state index is 13.8. The van der Waals surface area contributed by atoms with Gasteiger partial charge in [-0.05, 0) is 25.1 Å². The lowest BCUT2D eigenvalue weighted by Crippen LogP contribution is -2.66. The molecular weight excluding hydrogens is 398 g/mol. The van der Waals surface area contributed by atoms with Gasteiger partial charge in [-0.1, -0.05) is 6.07 Å². The molecule has 0 aliphatic carbocycles. The number of alkyl halides is 6. The summed E-state index contributed by atoms with van der Waals surface area (Å²) in [6, 6.07) is 2.58. The van der Waals surface area contributed by atoms with E-state index in [-0.39, 0.29) is 0 Å². The second-order valence-corrected chi connectivity index (χ2v) is 5.73. The molecule has 1 aromatic rings. The highest BCUT2D eigenvalue weighted by atomic mass is 19.4. The monoisotopic (exact) mass is 410 g/mol. The van der Waals surface area contributed by atoms with Gasteiger partial charge in [0.1, 0.15) is 5.57 Å². The summed E-state index contributed by atoms with van der Waals surface area (Å²) in [7, 11) is 0.765. The van der Waals surface area contributed by atoms with E-state index in [2.05, 4.69) is 4.74 Å². The average Bonchev–Trinajstić information content (AvgIpc) is 2.84. The number of amides is 2. The quantitative estimate of drug-likeness (QED) is 0.592. The second-order valence-electron chi connectivity index (χ2n) is 5.73. The summed E-state index contributed by atoms with van der Waals surface area (Å²) in [5.41, 5.74) is -7.63. The molecule has 0 spiro atoms. The first-order valence-corrected chi connectivity index (χ1v) is 7.43. The van der Waals surface area contributed by atoms with Crippen molar-refractivity contribution in [1.29, 1.82) is 0 Å². The van der Waals surface area contributed by atoms with E-state index in [1.807, 2.05) is 0 Å². The number of carbonyl (C=O) groups excluding carboxylic acids is 3. The van der Waals surface area contributed by atoms with Crippen LogP contribution >= 0.6 is 0 Å². The summed E-state index contributed by atoms with van der Waals surface area (Å²) in [6.07, 6.45) is -10.4. The number of rotatable bonds is 3. The number of hydrogen-bond acceptors (Lipinski definition) is 4. The number of carbonyl (C=O) groups is 3. The molecule has 2 rings (SSSR count). The minimum absolute atomic E-state index is 0.320. The van der Waals surface area contributed by atoms with Crippen LogP contribution in [0.5, 0.6) is 0 Å². The zero-order valence-corrected chi connectivity index (χ0v) is 14.2. The van der Waals surface area contributed by atoms with Gasteiger partial charge in [0.2, 0.25) is 5.54 Å². The van der Waals surface area contributed by atoms with Crippen LogP contribution in [0.15, 0.2) is 35.5 Å². The van der Waals surface area contributed by atoms with Gasteiger partial charge in [0, 0.05) is 11.3 Å². The lowest BCUT2D eigenvalue weighted by molar-refractivity contribution is -0.188. The zero-order chi connectivity index (χ0) is 21.5. The molecule has 2 N–H and O–H groups in total. The fourth-order valence-corrected chi connectivity index (χ4v) is 2.67. The average molecular weight is 410 g/mol. The van der Waals surface area contributed by atoms with Gasteiger partial charge in [-0.3, -0.25) is 9.59 Å². The molecule has 1 aliphatic heterocycles. The largest absolute Gasteiger partial charge is 0.466 e. The number of methoxy groups -OCH3 is 1. The van der Waals surface area contributed by atoms with Crippen LogP contribution in [0.3, 0.4) is 0 Å². The summed E-state index contributed by atoms with van der Waals surface area (Å²) in [4.78, 5) is 36.3. The lowest BCUT2D eigenvalue weighted by atomic mass is 9.88. The summed E-state index contributed by atoms with van der Waals surface area (Å²) < 4.78 is 84.1. The Morgan fingerprint density at radius 1 is 1.14 bits per heavy atom. The van der Waals surface area contributed by atoms with Crippen LogP contribution in [0.1, 0.15) is 22.8 Å². The molecule has 1 heterocycles. The van der Waals surface area contributed by atoms with Crippen molar-refractivity contribution in [1.82, 2.24) is 10.6 Å². The van der Waals surface area contributed by atoms with E-state index in [4.69, 9.17) is 0 Å². The highest BCUT2D eigenvalue weighted by Crippen LogP contribution is 2.41. The third kappa shape index (κ3) is 3.41. The molecule has 0 radical (unpaired) electrons. The van der Waals surface area contributed by atoms with Gasteiger partial charge in [-0.15, -0.1) is 0 Å². The molecule has 28 heavy (non-hydrogen) atoms. The van der Waals surface area contributed by atoms with Gasteiger partial charge >= 0.3 is 18.3 Å². The van der Waals surface area contributed by atoms with Crippen molar-refractivity contribution < 1.29 is 45.5 Å². The van der Waals surface area contributed by atoms with Crippen molar-refractivity contribution in [3.63, 3.8) is 0 Å². The minimum Gasteiger partial charge on any atom is -0.466 e. The molecule has 0 bridgehead atoms. The smallest absolute Gasteiger partial charge is 0.425 e. The Morgan fingerprint density at radius 2 is 1.75 bits per heavy atom. The molecule has 1 aromatic carbocycles. The topological polar surface area (TPSA) is 84.5 Å². The number of esters is 1. The normalized spacial score (nSPS) is 20.1. The van der Waals surface area contributed by atoms with Gasteiger partial charge < -0.3 is 15.4 Å². The van der Waals surface area contributed by atoms with E-state index in [9.17, 15) is 40.7 Å². The van der Waals surface area contributed by atoms with E-state index in [1.165, 1.54) is 5.32 Å². The molecule has 1 aliphatic rings. The molecule has 1 atom stereocenters. The van der Waals surface area contributed by atoms with Crippen molar-refractivity contribution in [2.45, 2.75) is 24.8 Å². The van der Waals surface area contributed by atoms with Gasteiger partial charge in [-0.25, -0.2) is 4.79 Å². The first-order chi connectivity index (χ1) is 12.8. The maximum atomic E-state index is 13.8. The molecule has 152 valence electrons. The number of halogens is 6. The molecule has 1 unspecified atom stereocenters. The van der Waals surface area contributed by atoms with Gasteiger partial charge in [0.25, 0.3) is 11.8 Å². The highest BCUT2D eigenvalue weighted by molar-refractivity contribution is 6.11. The highest BCUT2D eigenvalue weighted by Gasteiger charge is 2.69. The van der Waals surface area contributed by atoms with E-state index in [0.717, 1.165) is 26.2 Å². The number of nitrogens with one attached hydrogen (secondary N) is 2. The SMILES string of the molecule is COC(=O)C1=C(C)NC(=O)C1(NC(=O)c1cccc(C(F)(F)F)c1)C(F)(F)F. The molecule has 0 aromatic heterocycles. The molecule has 6 nitrogen and oxygen atoms in total. The lowest BCUT2D eigenvalue weighted by Gasteiger charge is -2.31. The van der Waals surface area contributed by atoms with E-state index in [1.54, 1.807) is 5.32 Å². The van der Waals surface area contributed by atoms with Crippen LogP contribution in [0.4, 0.5) is 26.3 Å². The molecule has 0 saturated heterocycles. The maximum Gasteiger partial charge on any atom is 0.425 e. The van der Waals surface area contributed by atoms with Crippen LogP contribution in [0.25, 0.3) is 0 Å². The summed E-state index contributed by atoms with van der Waals surface area (Å²) in [6.45, 7) is 0.980. The second kappa shape index (κ2) is 6.84. The van der Waals surface area contributed by atoms with Gasteiger partial charge in [-0.2, -0.15) is 26.3 Å². The summed E-state index contributed by atoms with van der Waals surface area (Å²) >= 11 is 0. The fraction of sp³-hybridized carbons (Fsp3) is 0.312. The molecular formula is C16H12F6N2O4. The van der Waals surface area contributed by atoms with Crippen molar-refractivity contribution >= 4 is 17.8 Å². The molecule has 0 saturated carbocycles. The number of hydrogen-bond donors (Lipinski definition) is 2. The Balaban J connectivity index is 2.57. The third-order valence-corrected chi connectivity index (χ3v) is 3.96. The molecule has 2 amide bonds. The van der Waals surface area contributed by atoms with Crippen LogP contribution in [0.2, 0.25) is 0 Å². The Hall–Kier alpha value is -3.05. The van der Waals surface area contributed by atoms with E-state index < -0.39 is 58.1 Å². The van der Waals surface area contributed by atoms with Crippen LogP contribution in [-0.2, 0) is 20.5 Å². The van der Waals surface area contributed by atoms with Gasteiger partial charge in [0.05, 0.1) is 12.7 Å². The Bertz CT molecular complexity index is 875. The minimum atomic E-state index is -5.50. The Kier molecular flexibility index (Phi) is 5.19. The Labute approximate surface area is 153 Å². The van der Waals surface area contributed by atoms with Crippen molar-refractivity contribution in [3.8, 4) is 0 Å².